The molecule has 0 fully saturated rings. The molecular weight excluding hydrogens is 480 g/mol. The molecule has 2 aromatic carbocycles. The van der Waals surface area contributed by atoms with E-state index in [9.17, 15) is 4.79 Å². The second kappa shape index (κ2) is 10.1. The van der Waals surface area contributed by atoms with E-state index in [1.165, 1.54) is 16.7 Å². The predicted octanol–water partition coefficient (Wildman–Crippen LogP) is 8.33. The number of fused-ring (bicyclic) bond motifs is 1. The molecule has 4 heteroatoms. The Morgan fingerprint density at radius 1 is 1.03 bits per heavy atom. The third kappa shape index (κ3) is 5.15. The quantitative estimate of drug-likeness (QED) is 0.187. The van der Waals surface area contributed by atoms with Crippen LogP contribution in [0.1, 0.15) is 82.9 Å². The summed E-state index contributed by atoms with van der Waals surface area (Å²) in [5.41, 5.74) is 6.54. The van der Waals surface area contributed by atoms with Crippen molar-refractivity contribution in [3.8, 4) is 29.4 Å². The molecule has 3 aromatic rings. The minimum atomic E-state index is -0.128. The van der Waals surface area contributed by atoms with Crippen molar-refractivity contribution in [2.75, 3.05) is 6.61 Å². The van der Waals surface area contributed by atoms with Gasteiger partial charge in [0.1, 0.15) is 12.4 Å². The lowest BCUT2D eigenvalue weighted by Gasteiger charge is -2.43. The first-order valence-electron chi connectivity index (χ1n) is 14.0. The highest BCUT2D eigenvalue weighted by Gasteiger charge is 2.40. The van der Waals surface area contributed by atoms with Crippen LogP contribution in [0.15, 0.2) is 65.8 Å². The van der Waals surface area contributed by atoms with Gasteiger partial charge in [-0.05, 0) is 48.9 Å². The highest BCUT2D eigenvalue weighted by molar-refractivity contribution is 6.00. The molecule has 4 nitrogen and oxygen atoms in total. The van der Waals surface area contributed by atoms with Gasteiger partial charge >= 0.3 is 0 Å². The largest absolute Gasteiger partial charge is 0.481 e. The molecule has 2 aliphatic carbocycles. The van der Waals surface area contributed by atoms with E-state index in [4.69, 9.17) is 21.1 Å². The molecule has 0 amide bonds. The smallest absolute Gasteiger partial charge is 0.203 e. The minimum absolute atomic E-state index is 0.0271. The maximum atomic E-state index is 14.0. The van der Waals surface area contributed by atoms with Crippen molar-refractivity contribution in [1.82, 2.24) is 9.97 Å². The van der Waals surface area contributed by atoms with Gasteiger partial charge in [-0.1, -0.05) is 95.0 Å². The third-order valence-electron chi connectivity index (χ3n) is 8.46. The number of nitrogens with zero attached hydrogens (tertiary/aromatic N) is 2. The molecule has 1 unspecified atom stereocenters. The fourth-order valence-corrected chi connectivity index (χ4v) is 6.01. The summed E-state index contributed by atoms with van der Waals surface area (Å²) in [7, 11) is 0. The average molecular weight is 519 g/mol. The van der Waals surface area contributed by atoms with Crippen LogP contribution in [0.2, 0.25) is 0 Å². The monoisotopic (exact) mass is 518 g/mol. The van der Waals surface area contributed by atoms with E-state index < -0.39 is 0 Å². The highest BCUT2D eigenvalue weighted by atomic mass is 16.5. The topological polar surface area (TPSA) is 52.1 Å². The second-order valence-electron chi connectivity index (χ2n) is 12.4. The van der Waals surface area contributed by atoms with E-state index in [0.717, 1.165) is 41.4 Å². The van der Waals surface area contributed by atoms with E-state index in [-0.39, 0.29) is 29.1 Å². The van der Waals surface area contributed by atoms with Crippen LogP contribution in [0.3, 0.4) is 0 Å². The van der Waals surface area contributed by atoms with E-state index in [1.54, 1.807) is 0 Å². The minimum Gasteiger partial charge on any atom is -0.481 e. The molecule has 1 atom stereocenters. The number of benzene rings is 2. The van der Waals surface area contributed by atoms with Crippen molar-refractivity contribution in [2.45, 2.75) is 66.7 Å². The molecule has 0 bridgehead atoms. The van der Waals surface area contributed by atoms with Gasteiger partial charge in [0.2, 0.25) is 5.78 Å². The van der Waals surface area contributed by atoms with E-state index >= 15 is 0 Å². The van der Waals surface area contributed by atoms with Crippen LogP contribution in [0.5, 0.6) is 5.75 Å². The Balaban J connectivity index is 1.56. The van der Waals surface area contributed by atoms with Crippen LogP contribution in [0.25, 0.3) is 22.2 Å². The van der Waals surface area contributed by atoms with Gasteiger partial charge in [0.25, 0.3) is 0 Å². The van der Waals surface area contributed by atoms with Crippen LogP contribution in [-0.2, 0) is 0 Å². The summed E-state index contributed by atoms with van der Waals surface area (Å²) in [5.74, 6) is 3.79. The number of terminal acetylenes is 1. The summed E-state index contributed by atoms with van der Waals surface area (Å²) in [6.07, 6.45) is 12.6. The Hall–Kier alpha value is -3.71. The zero-order valence-corrected chi connectivity index (χ0v) is 24.0. The number of allylic oxidation sites excluding steroid dienone is 4. The Morgan fingerprint density at radius 3 is 2.38 bits per heavy atom. The van der Waals surface area contributed by atoms with Crippen molar-refractivity contribution in [2.24, 2.45) is 16.7 Å². The number of ether oxygens (including phenoxy) is 1. The van der Waals surface area contributed by atoms with Gasteiger partial charge in [-0.2, -0.15) is 0 Å². The SMILES string of the molecule is C#CCOc1ccc2nc(C(=O)C3CCC4=C(C3)C(C)(C)C=CC4(C)C)nc(-c3ccc(C(C)C)cc3)c2c1. The van der Waals surface area contributed by atoms with E-state index in [0.29, 0.717) is 17.5 Å². The first-order chi connectivity index (χ1) is 18.5. The van der Waals surface area contributed by atoms with Crippen LogP contribution in [0, 0.1) is 29.1 Å². The number of carbonyl (C=O) groups is 1. The second-order valence-corrected chi connectivity index (χ2v) is 12.4. The summed E-state index contributed by atoms with van der Waals surface area (Å²) in [6.45, 7) is 13.6. The van der Waals surface area contributed by atoms with Crippen molar-refractivity contribution in [3.05, 3.63) is 77.2 Å². The van der Waals surface area contributed by atoms with E-state index in [2.05, 4.69) is 83.9 Å². The summed E-state index contributed by atoms with van der Waals surface area (Å²) in [6, 6.07) is 14.1. The number of ketones is 1. The molecule has 1 aromatic heterocycles. The number of hydrogen-bond acceptors (Lipinski definition) is 4. The lowest BCUT2D eigenvalue weighted by Crippen LogP contribution is -2.33. The predicted molar refractivity (Wildman–Crippen MR) is 159 cm³/mol. The van der Waals surface area contributed by atoms with Crippen molar-refractivity contribution in [1.29, 1.82) is 0 Å². The standard InChI is InChI=1S/C35H38N2O2/c1-8-19-39-26-14-16-30-27(21-26)31(24-11-9-23(10-12-24)22(2)3)37-33(36-30)32(38)25-13-15-28-29(20-25)35(6,7)18-17-34(28,4)5/h1,9-12,14,16-18,21-22,25H,13,15,19-20H2,2-7H3. The van der Waals surface area contributed by atoms with Gasteiger partial charge in [-0.25, -0.2) is 9.97 Å². The average Bonchev–Trinajstić information content (AvgIpc) is 2.93. The van der Waals surface area contributed by atoms with Gasteiger partial charge in [0.15, 0.2) is 5.82 Å². The van der Waals surface area contributed by atoms with Gasteiger partial charge in [-0.3, -0.25) is 4.79 Å². The lowest BCUT2D eigenvalue weighted by molar-refractivity contribution is 0.0892. The number of Topliss-reactive ketones (excluding diaryl/α,β-unsaturated/α-hetero) is 1. The zero-order valence-electron chi connectivity index (χ0n) is 24.0. The third-order valence-corrected chi connectivity index (χ3v) is 8.46. The van der Waals surface area contributed by atoms with E-state index in [1.807, 2.05) is 18.2 Å². The van der Waals surface area contributed by atoms with Gasteiger partial charge in [-0.15, -0.1) is 6.42 Å². The number of rotatable bonds is 6. The van der Waals surface area contributed by atoms with Crippen molar-refractivity contribution in [3.63, 3.8) is 0 Å². The molecular formula is C35H38N2O2. The zero-order chi connectivity index (χ0) is 27.9. The van der Waals surface area contributed by atoms with Crippen LogP contribution < -0.4 is 4.74 Å². The molecule has 0 N–H and O–H groups in total. The lowest BCUT2D eigenvalue weighted by atomic mass is 9.61. The van der Waals surface area contributed by atoms with Gasteiger partial charge in [0, 0.05) is 27.7 Å². The summed E-state index contributed by atoms with van der Waals surface area (Å²) in [4.78, 5) is 23.7. The van der Waals surface area contributed by atoms with Crippen LogP contribution in [-0.4, -0.2) is 22.4 Å². The number of hydrogen-bond donors (Lipinski definition) is 0. The first-order valence-corrected chi connectivity index (χ1v) is 14.0. The molecule has 0 spiro atoms. The van der Waals surface area contributed by atoms with Gasteiger partial charge in [0.05, 0.1) is 11.2 Å². The number of carbonyl (C=O) groups excluding carboxylic acids is 1. The Kier molecular flexibility index (Phi) is 6.97. The van der Waals surface area contributed by atoms with Crippen molar-refractivity contribution < 1.29 is 9.53 Å². The molecule has 0 saturated carbocycles. The van der Waals surface area contributed by atoms with Crippen LogP contribution >= 0.6 is 0 Å². The summed E-state index contributed by atoms with van der Waals surface area (Å²) in [5, 5.41) is 0.840. The fraction of sp³-hybridized carbons (Fsp3) is 0.400. The maximum Gasteiger partial charge on any atom is 0.203 e. The molecule has 0 saturated heterocycles. The molecule has 5 rings (SSSR count). The molecule has 39 heavy (non-hydrogen) atoms. The highest BCUT2D eigenvalue weighted by Crippen LogP contribution is 2.51. The number of aromatic nitrogens is 2. The van der Waals surface area contributed by atoms with Gasteiger partial charge < -0.3 is 4.74 Å². The Labute approximate surface area is 232 Å². The maximum absolute atomic E-state index is 14.0. The fourth-order valence-electron chi connectivity index (χ4n) is 6.01. The van der Waals surface area contributed by atoms with Crippen LogP contribution in [0.4, 0.5) is 0 Å². The normalized spacial score (nSPS) is 19.6. The Morgan fingerprint density at radius 2 is 1.72 bits per heavy atom. The summed E-state index contributed by atoms with van der Waals surface area (Å²) < 4.78 is 5.69. The molecule has 1 heterocycles. The molecule has 0 radical (unpaired) electrons. The summed E-state index contributed by atoms with van der Waals surface area (Å²) >= 11 is 0. The van der Waals surface area contributed by atoms with Crippen molar-refractivity contribution >= 4 is 16.7 Å². The molecule has 200 valence electrons. The Bertz CT molecular complexity index is 1530. The molecule has 2 aliphatic rings. The first kappa shape index (κ1) is 26.9. The molecule has 0 aliphatic heterocycles.